The van der Waals surface area contributed by atoms with Gasteiger partial charge in [0.05, 0.1) is 18.0 Å². The van der Waals surface area contributed by atoms with E-state index in [1.165, 1.54) is 0 Å². The normalized spacial score (nSPS) is 49.1. The molecule has 0 spiro atoms. The van der Waals surface area contributed by atoms with E-state index in [-0.39, 0.29) is 11.7 Å². The third-order valence-electron chi connectivity index (χ3n) is 1.78. The molecule has 1 heterocycles. The average molecular weight is 164 g/mol. The number of aliphatic hydroxyl groups excluding tert-OH is 2. The number of hydrogen-bond acceptors (Lipinski definition) is 3. The van der Waals surface area contributed by atoms with Crippen LogP contribution in [-0.4, -0.2) is 38.1 Å². The standard InChI is InChI=1S/C6H12O3S/c1-4-2-10(9)3-5(7)6(4)8/h4-8H,2-3H2,1H3/t4-,5+,6-,10?/m1/s1. The van der Waals surface area contributed by atoms with Gasteiger partial charge >= 0.3 is 0 Å². The van der Waals surface area contributed by atoms with Gasteiger partial charge in [0.25, 0.3) is 0 Å². The Bertz CT molecular complexity index is 134. The van der Waals surface area contributed by atoms with Crippen LogP contribution < -0.4 is 0 Å². The molecule has 4 heteroatoms. The van der Waals surface area contributed by atoms with Gasteiger partial charge in [0.1, 0.15) is 0 Å². The fraction of sp³-hybridized carbons (Fsp3) is 1.00. The molecule has 1 rings (SSSR count). The number of rotatable bonds is 0. The molecule has 60 valence electrons. The molecular formula is C6H12O3S. The Morgan fingerprint density at radius 2 is 2.00 bits per heavy atom. The lowest BCUT2D eigenvalue weighted by Gasteiger charge is -2.28. The molecule has 0 saturated carbocycles. The Kier molecular flexibility index (Phi) is 2.44. The molecule has 0 bridgehead atoms. The van der Waals surface area contributed by atoms with E-state index < -0.39 is 23.0 Å². The third kappa shape index (κ3) is 1.56. The fourth-order valence-corrected chi connectivity index (χ4v) is 2.63. The molecule has 4 atom stereocenters. The highest BCUT2D eigenvalue weighted by molar-refractivity contribution is 7.85. The first kappa shape index (κ1) is 8.17. The zero-order valence-electron chi connectivity index (χ0n) is 5.86. The Balaban J connectivity index is 2.57. The maximum atomic E-state index is 10.9. The van der Waals surface area contributed by atoms with Gasteiger partial charge in [0.2, 0.25) is 0 Å². The molecule has 10 heavy (non-hydrogen) atoms. The number of hydrogen-bond donors (Lipinski definition) is 2. The highest BCUT2D eigenvalue weighted by Crippen LogP contribution is 2.15. The smallest absolute Gasteiger partial charge is 0.0916 e. The van der Waals surface area contributed by atoms with E-state index in [4.69, 9.17) is 5.11 Å². The second-order valence-corrected chi connectivity index (χ2v) is 4.35. The van der Waals surface area contributed by atoms with Crippen molar-refractivity contribution in [2.24, 2.45) is 5.92 Å². The van der Waals surface area contributed by atoms with Crippen molar-refractivity contribution in [3.8, 4) is 0 Å². The van der Waals surface area contributed by atoms with Crippen LogP contribution in [-0.2, 0) is 10.8 Å². The molecule has 1 aliphatic heterocycles. The molecule has 1 fully saturated rings. The van der Waals surface area contributed by atoms with Gasteiger partial charge in [-0.2, -0.15) is 0 Å². The van der Waals surface area contributed by atoms with E-state index in [1.54, 1.807) is 6.92 Å². The minimum absolute atomic E-state index is 0.0374. The molecule has 0 amide bonds. The Hall–Kier alpha value is 0.0700. The van der Waals surface area contributed by atoms with Gasteiger partial charge in [-0.15, -0.1) is 0 Å². The Morgan fingerprint density at radius 1 is 1.40 bits per heavy atom. The van der Waals surface area contributed by atoms with Crippen LogP contribution in [0.2, 0.25) is 0 Å². The van der Waals surface area contributed by atoms with Crippen molar-refractivity contribution in [3.63, 3.8) is 0 Å². The summed E-state index contributed by atoms with van der Waals surface area (Å²) in [6, 6.07) is 0. The summed E-state index contributed by atoms with van der Waals surface area (Å²) in [4.78, 5) is 0. The van der Waals surface area contributed by atoms with Gasteiger partial charge < -0.3 is 10.2 Å². The summed E-state index contributed by atoms with van der Waals surface area (Å²) in [5, 5.41) is 18.3. The second kappa shape index (κ2) is 2.98. The Morgan fingerprint density at radius 3 is 2.50 bits per heavy atom. The minimum Gasteiger partial charge on any atom is -0.390 e. The maximum absolute atomic E-state index is 10.9. The van der Waals surface area contributed by atoms with E-state index in [2.05, 4.69) is 0 Å². The lowest BCUT2D eigenvalue weighted by atomic mass is 10.0. The van der Waals surface area contributed by atoms with Crippen molar-refractivity contribution in [1.29, 1.82) is 0 Å². The second-order valence-electron chi connectivity index (χ2n) is 2.81. The van der Waals surface area contributed by atoms with E-state index >= 15 is 0 Å². The molecule has 3 nitrogen and oxygen atoms in total. The van der Waals surface area contributed by atoms with Gasteiger partial charge in [-0.1, -0.05) is 6.92 Å². The summed E-state index contributed by atoms with van der Waals surface area (Å²) in [5.41, 5.74) is 0. The quantitative estimate of drug-likeness (QED) is 0.488. The van der Waals surface area contributed by atoms with Gasteiger partial charge in [-0.25, -0.2) is 0 Å². The minimum atomic E-state index is -0.931. The molecule has 0 aromatic rings. The van der Waals surface area contributed by atoms with Crippen LogP contribution in [0.15, 0.2) is 0 Å². The van der Waals surface area contributed by atoms with Crippen LogP contribution in [0.5, 0.6) is 0 Å². The predicted molar refractivity (Wildman–Crippen MR) is 39.1 cm³/mol. The topological polar surface area (TPSA) is 57.5 Å². The van der Waals surface area contributed by atoms with Crippen molar-refractivity contribution in [1.82, 2.24) is 0 Å². The first-order chi connectivity index (χ1) is 4.61. The lowest BCUT2D eigenvalue weighted by molar-refractivity contribution is 0.00130. The SMILES string of the molecule is C[C@@H]1CS(=O)C[C@H](O)[C@@H]1O. The summed E-state index contributed by atoms with van der Waals surface area (Å²) in [6.45, 7) is 1.80. The van der Waals surface area contributed by atoms with E-state index in [1.807, 2.05) is 0 Å². The first-order valence-electron chi connectivity index (χ1n) is 3.32. The van der Waals surface area contributed by atoms with Crippen molar-refractivity contribution >= 4 is 10.8 Å². The van der Waals surface area contributed by atoms with Gasteiger partial charge in [-0.05, 0) is 5.92 Å². The van der Waals surface area contributed by atoms with E-state index in [0.29, 0.717) is 5.75 Å². The summed E-state index contributed by atoms with van der Waals surface area (Å²) in [5.74, 6) is 0.702. The molecular weight excluding hydrogens is 152 g/mol. The molecule has 0 aromatic heterocycles. The molecule has 0 aliphatic carbocycles. The largest absolute Gasteiger partial charge is 0.390 e. The van der Waals surface area contributed by atoms with Crippen molar-refractivity contribution in [3.05, 3.63) is 0 Å². The summed E-state index contributed by atoms with van der Waals surface area (Å²) < 4.78 is 10.9. The Labute approximate surface area is 62.5 Å². The predicted octanol–water partition coefficient (Wildman–Crippen LogP) is -0.893. The van der Waals surface area contributed by atoms with E-state index in [9.17, 15) is 9.32 Å². The zero-order valence-corrected chi connectivity index (χ0v) is 6.67. The molecule has 1 aliphatic rings. The van der Waals surface area contributed by atoms with Crippen LogP contribution in [0, 0.1) is 5.92 Å². The maximum Gasteiger partial charge on any atom is 0.0916 e. The van der Waals surface area contributed by atoms with Crippen molar-refractivity contribution < 1.29 is 14.4 Å². The third-order valence-corrected chi connectivity index (χ3v) is 3.39. The van der Waals surface area contributed by atoms with Gasteiger partial charge in [0, 0.05) is 16.6 Å². The van der Waals surface area contributed by atoms with E-state index in [0.717, 1.165) is 0 Å². The molecule has 0 aromatic carbocycles. The van der Waals surface area contributed by atoms with Crippen LogP contribution in [0.25, 0.3) is 0 Å². The van der Waals surface area contributed by atoms with Gasteiger partial charge in [-0.3, -0.25) is 4.21 Å². The van der Waals surface area contributed by atoms with Gasteiger partial charge in [0.15, 0.2) is 0 Å². The molecule has 2 N–H and O–H groups in total. The monoisotopic (exact) mass is 164 g/mol. The van der Waals surface area contributed by atoms with Crippen molar-refractivity contribution in [2.75, 3.05) is 11.5 Å². The summed E-state index contributed by atoms with van der Waals surface area (Å²) in [7, 11) is -0.931. The molecule has 1 unspecified atom stereocenters. The highest BCUT2D eigenvalue weighted by Gasteiger charge is 2.30. The van der Waals surface area contributed by atoms with Crippen LogP contribution in [0.1, 0.15) is 6.92 Å². The molecule has 0 radical (unpaired) electrons. The fourth-order valence-electron chi connectivity index (χ4n) is 1.13. The number of aliphatic hydroxyl groups is 2. The lowest BCUT2D eigenvalue weighted by Crippen LogP contribution is -2.43. The average Bonchev–Trinajstić information content (AvgIpc) is 1.82. The summed E-state index contributed by atoms with van der Waals surface area (Å²) >= 11 is 0. The van der Waals surface area contributed by atoms with Crippen LogP contribution in [0.3, 0.4) is 0 Å². The molecule has 1 saturated heterocycles. The first-order valence-corrected chi connectivity index (χ1v) is 4.81. The highest BCUT2D eigenvalue weighted by atomic mass is 32.2. The van der Waals surface area contributed by atoms with Crippen LogP contribution >= 0.6 is 0 Å². The van der Waals surface area contributed by atoms with Crippen molar-refractivity contribution in [2.45, 2.75) is 19.1 Å². The summed E-state index contributed by atoms with van der Waals surface area (Å²) in [6.07, 6.45) is -1.47. The zero-order chi connectivity index (χ0) is 7.72. The van der Waals surface area contributed by atoms with Crippen LogP contribution in [0.4, 0.5) is 0 Å².